The first-order valence-corrected chi connectivity index (χ1v) is 5.92. The van der Waals surface area contributed by atoms with Gasteiger partial charge in [-0.3, -0.25) is 0 Å². The zero-order chi connectivity index (χ0) is 8.39. The predicted octanol–water partition coefficient (Wildman–Crippen LogP) is 4.00. The lowest BCUT2D eigenvalue weighted by molar-refractivity contribution is 0.101. The Hall–Kier alpha value is 0. The summed E-state index contributed by atoms with van der Waals surface area (Å²) in [5.41, 5.74) is 0. The van der Waals surface area contributed by atoms with Gasteiger partial charge in [-0.2, -0.15) is 0 Å². The van der Waals surface area contributed by atoms with E-state index in [2.05, 4.69) is 6.92 Å². The fourth-order valence-electron chi connectivity index (χ4n) is 3.58. The van der Waals surface area contributed by atoms with E-state index in [9.17, 15) is 0 Å². The largest absolute Gasteiger partial charge is 0.0651 e. The number of hydrogen-bond acceptors (Lipinski definition) is 0. The SMILES string of the molecule is CC[C@H]1CCC[C@@H]2CCCCC21. The van der Waals surface area contributed by atoms with Gasteiger partial charge < -0.3 is 0 Å². The van der Waals surface area contributed by atoms with E-state index in [1.54, 1.807) is 19.3 Å². The molecular formula is C12H22. The topological polar surface area (TPSA) is 0 Å². The van der Waals surface area contributed by atoms with Crippen molar-refractivity contribution >= 4 is 0 Å². The van der Waals surface area contributed by atoms with Crippen LogP contribution >= 0.6 is 0 Å². The molecule has 0 aliphatic heterocycles. The van der Waals surface area contributed by atoms with E-state index in [1.165, 1.54) is 32.1 Å². The minimum absolute atomic E-state index is 1.10. The zero-order valence-corrected chi connectivity index (χ0v) is 8.39. The first kappa shape index (κ1) is 8.59. The van der Waals surface area contributed by atoms with Crippen LogP contribution in [0, 0.1) is 17.8 Å². The van der Waals surface area contributed by atoms with E-state index < -0.39 is 0 Å². The molecule has 70 valence electrons. The maximum Gasteiger partial charge on any atom is -0.0358 e. The molecule has 0 radical (unpaired) electrons. The Bertz CT molecular complexity index is 130. The molecule has 0 heteroatoms. The Balaban J connectivity index is 1.99. The van der Waals surface area contributed by atoms with Crippen molar-refractivity contribution in [3.8, 4) is 0 Å². The van der Waals surface area contributed by atoms with E-state index in [4.69, 9.17) is 0 Å². The summed E-state index contributed by atoms with van der Waals surface area (Å²) in [5, 5.41) is 0. The average Bonchev–Trinajstić information content (AvgIpc) is 2.17. The summed E-state index contributed by atoms with van der Waals surface area (Å²) in [4.78, 5) is 0. The van der Waals surface area contributed by atoms with Crippen LogP contribution in [0.5, 0.6) is 0 Å². The van der Waals surface area contributed by atoms with Crippen molar-refractivity contribution in [1.82, 2.24) is 0 Å². The lowest BCUT2D eigenvalue weighted by atomic mass is 9.65. The van der Waals surface area contributed by atoms with Gasteiger partial charge >= 0.3 is 0 Å². The molecule has 0 heterocycles. The summed E-state index contributed by atoms with van der Waals surface area (Å²) < 4.78 is 0. The van der Waals surface area contributed by atoms with Gasteiger partial charge in [0.15, 0.2) is 0 Å². The van der Waals surface area contributed by atoms with Gasteiger partial charge in [-0.15, -0.1) is 0 Å². The second-order valence-electron chi connectivity index (χ2n) is 4.81. The third-order valence-electron chi connectivity index (χ3n) is 4.25. The molecule has 0 N–H and O–H groups in total. The third kappa shape index (κ3) is 1.53. The Morgan fingerprint density at radius 2 is 1.67 bits per heavy atom. The molecule has 0 amide bonds. The van der Waals surface area contributed by atoms with Gasteiger partial charge in [0, 0.05) is 0 Å². The monoisotopic (exact) mass is 166 g/mol. The molecule has 0 aromatic heterocycles. The highest BCUT2D eigenvalue weighted by Gasteiger charge is 2.33. The highest BCUT2D eigenvalue weighted by Crippen LogP contribution is 2.44. The predicted molar refractivity (Wildman–Crippen MR) is 53.1 cm³/mol. The number of hydrogen-bond donors (Lipinski definition) is 0. The van der Waals surface area contributed by atoms with Crippen LogP contribution in [-0.2, 0) is 0 Å². The highest BCUT2D eigenvalue weighted by atomic mass is 14.4. The molecule has 0 nitrogen and oxygen atoms in total. The van der Waals surface area contributed by atoms with Crippen LogP contribution in [0.1, 0.15) is 58.3 Å². The summed E-state index contributed by atoms with van der Waals surface area (Å²) in [6.07, 6.45) is 12.2. The molecule has 0 aromatic carbocycles. The fraction of sp³-hybridized carbons (Fsp3) is 1.00. The van der Waals surface area contributed by atoms with Gasteiger partial charge in [0.25, 0.3) is 0 Å². The molecule has 0 saturated heterocycles. The van der Waals surface area contributed by atoms with Gasteiger partial charge in [0.2, 0.25) is 0 Å². The second kappa shape index (κ2) is 3.81. The summed E-state index contributed by atoms with van der Waals surface area (Å²) in [6, 6.07) is 0. The molecular weight excluding hydrogens is 144 g/mol. The van der Waals surface area contributed by atoms with Crippen molar-refractivity contribution in [2.75, 3.05) is 0 Å². The maximum atomic E-state index is 2.39. The summed E-state index contributed by atoms with van der Waals surface area (Å²) in [7, 11) is 0. The van der Waals surface area contributed by atoms with Gasteiger partial charge in [-0.25, -0.2) is 0 Å². The van der Waals surface area contributed by atoms with E-state index >= 15 is 0 Å². The van der Waals surface area contributed by atoms with Crippen LogP contribution in [0.2, 0.25) is 0 Å². The Morgan fingerprint density at radius 1 is 0.917 bits per heavy atom. The highest BCUT2D eigenvalue weighted by molar-refractivity contribution is 4.84. The van der Waals surface area contributed by atoms with Crippen molar-refractivity contribution in [2.45, 2.75) is 58.3 Å². The molecule has 12 heavy (non-hydrogen) atoms. The van der Waals surface area contributed by atoms with E-state index in [1.807, 2.05) is 0 Å². The summed E-state index contributed by atoms with van der Waals surface area (Å²) >= 11 is 0. The van der Waals surface area contributed by atoms with E-state index in [0.29, 0.717) is 0 Å². The summed E-state index contributed by atoms with van der Waals surface area (Å²) in [5.74, 6) is 3.37. The van der Waals surface area contributed by atoms with Crippen LogP contribution in [-0.4, -0.2) is 0 Å². The first-order chi connectivity index (χ1) is 5.92. The molecule has 2 saturated carbocycles. The second-order valence-corrected chi connectivity index (χ2v) is 4.81. The molecule has 3 atom stereocenters. The third-order valence-corrected chi connectivity index (χ3v) is 4.25. The Kier molecular flexibility index (Phi) is 2.73. The molecule has 1 unspecified atom stereocenters. The van der Waals surface area contributed by atoms with Gasteiger partial charge in [-0.05, 0) is 24.2 Å². The Morgan fingerprint density at radius 3 is 2.50 bits per heavy atom. The Labute approximate surface area is 76.7 Å². The van der Waals surface area contributed by atoms with Crippen LogP contribution in [0.4, 0.5) is 0 Å². The normalized spacial score (nSPS) is 42.2. The maximum absolute atomic E-state index is 2.39. The molecule has 2 aliphatic rings. The van der Waals surface area contributed by atoms with Crippen molar-refractivity contribution < 1.29 is 0 Å². The number of rotatable bonds is 1. The van der Waals surface area contributed by atoms with Gasteiger partial charge in [-0.1, -0.05) is 51.9 Å². The van der Waals surface area contributed by atoms with Crippen molar-refractivity contribution in [1.29, 1.82) is 0 Å². The van der Waals surface area contributed by atoms with Gasteiger partial charge in [0.05, 0.1) is 0 Å². The molecule has 0 bridgehead atoms. The average molecular weight is 166 g/mol. The standard InChI is InChI=1S/C12H22/c1-2-10-7-5-8-11-6-3-4-9-12(10)11/h10-12H,2-9H2,1H3/t10-,11-,12?/m0/s1. The lowest BCUT2D eigenvalue weighted by Gasteiger charge is -2.41. The van der Waals surface area contributed by atoms with Crippen LogP contribution in [0.15, 0.2) is 0 Å². The van der Waals surface area contributed by atoms with Crippen molar-refractivity contribution in [3.05, 3.63) is 0 Å². The quantitative estimate of drug-likeness (QED) is 0.552. The summed E-state index contributed by atoms with van der Waals surface area (Å²) in [6.45, 7) is 2.39. The van der Waals surface area contributed by atoms with Crippen LogP contribution in [0.3, 0.4) is 0 Å². The minimum atomic E-state index is 1.10. The van der Waals surface area contributed by atoms with Gasteiger partial charge in [0.1, 0.15) is 0 Å². The van der Waals surface area contributed by atoms with E-state index in [-0.39, 0.29) is 0 Å². The fourth-order valence-corrected chi connectivity index (χ4v) is 3.58. The molecule has 2 fully saturated rings. The van der Waals surface area contributed by atoms with Crippen molar-refractivity contribution in [3.63, 3.8) is 0 Å². The zero-order valence-electron chi connectivity index (χ0n) is 8.39. The number of fused-ring (bicyclic) bond motifs is 1. The smallest absolute Gasteiger partial charge is 0.0358 e. The lowest BCUT2D eigenvalue weighted by Crippen LogP contribution is -2.30. The molecule has 0 spiro atoms. The van der Waals surface area contributed by atoms with Crippen LogP contribution in [0.25, 0.3) is 0 Å². The van der Waals surface area contributed by atoms with Crippen LogP contribution < -0.4 is 0 Å². The van der Waals surface area contributed by atoms with Crippen molar-refractivity contribution in [2.24, 2.45) is 17.8 Å². The molecule has 0 aromatic rings. The molecule has 2 rings (SSSR count). The first-order valence-electron chi connectivity index (χ1n) is 5.92. The minimum Gasteiger partial charge on any atom is -0.0651 e. The van der Waals surface area contributed by atoms with E-state index in [0.717, 1.165) is 17.8 Å². The molecule has 2 aliphatic carbocycles.